The van der Waals surface area contributed by atoms with Gasteiger partial charge < -0.3 is 5.32 Å². The predicted molar refractivity (Wildman–Crippen MR) is 72.6 cm³/mol. The summed E-state index contributed by atoms with van der Waals surface area (Å²) >= 11 is 6.11. The van der Waals surface area contributed by atoms with Crippen LogP contribution < -0.4 is 5.32 Å². The van der Waals surface area contributed by atoms with E-state index in [4.69, 9.17) is 11.6 Å². The lowest BCUT2D eigenvalue weighted by Crippen LogP contribution is -2.29. The number of hydrogen-bond acceptors (Lipinski definition) is 1. The molecule has 0 heterocycles. The Morgan fingerprint density at radius 2 is 2.00 bits per heavy atom. The van der Waals surface area contributed by atoms with Crippen LogP contribution in [0.5, 0.6) is 0 Å². The zero-order chi connectivity index (χ0) is 12.8. The van der Waals surface area contributed by atoms with Crippen molar-refractivity contribution in [3.05, 3.63) is 34.3 Å². The maximum atomic E-state index is 12.0. The van der Waals surface area contributed by atoms with E-state index < -0.39 is 0 Å². The minimum absolute atomic E-state index is 0.0781. The molecule has 1 aromatic rings. The average Bonchev–Trinajstić information content (AvgIpc) is 2.33. The van der Waals surface area contributed by atoms with Crippen molar-refractivity contribution in [3.63, 3.8) is 0 Å². The van der Waals surface area contributed by atoms with E-state index in [1.807, 2.05) is 19.1 Å². The van der Waals surface area contributed by atoms with Crippen molar-refractivity contribution in [1.29, 1.82) is 0 Å². The molecule has 1 amide bonds. The van der Waals surface area contributed by atoms with Crippen LogP contribution in [0.2, 0.25) is 5.02 Å². The lowest BCUT2D eigenvalue weighted by atomic mass is 10.0. The Bertz CT molecular complexity index is 386. The van der Waals surface area contributed by atoms with E-state index in [9.17, 15) is 4.79 Å². The molecule has 0 saturated heterocycles. The van der Waals surface area contributed by atoms with Gasteiger partial charge >= 0.3 is 0 Å². The van der Waals surface area contributed by atoms with Crippen LogP contribution in [0.3, 0.4) is 0 Å². The average molecular weight is 254 g/mol. The number of hydrogen-bond donors (Lipinski definition) is 1. The van der Waals surface area contributed by atoms with Gasteiger partial charge in [0.25, 0.3) is 5.91 Å². The number of aryl methyl sites for hydroxylation is 1. The molecular formula is C14H20ClNO. The Kier molecular flexibility index (Phi) is 5.49. The number of carbonyl (C=O) groups excluding carboxylic acids is 1. The summed E-state index contributed by atoms with van der Waals surface area (Å²) in [5, 5.41) is 3.50. The SMILES string of the molecule is CCC(CC)CNC(=O)c1cccc(C)c1Cl. The van der Waals surface area contributed by atoms with E-state index in [0.717, 1.165) is 24.9 Å². The van der Waals surface area contributed by atoms with Crippen molar-refractivity contribution in [2.75, 3.05) is 6.54 Å². The Labute approximate surface area is 108 Å². The lowest BCUT2D eigenvalue weighted by molar-refractivity contribution is 0.0946. The molecule has 0 saturated carbocycles. The molecule has 0 aliphatic rings. The summed E-state index contributed by atoms with van der Waals surface area (Å²) in [7, 11) is 0. The fourth-order valence-electron chi connectivity index (χ4n) is 1.73. The molecule has 0 unspecified atom stereocenters. The summed E-state index contributed by atoms with van der Waals surface area (Å²) in [5.41, 5.74) is 1.50. The van der Waals surface area contributed by atoms with Crippen molar-refractivity contribution < 1.29 is 4.79 Å². The zero-order valence-corrected chi connectivity index (χ0v) is 11.5. The molecule has 0 fully saturated rings. The van der Waals surface area contributed by atoms with Gasteiger partial charge in [-0.2, -0.15) is 0 Å². The quantitative estimate of drug-likeness (QED) is 0.849. The molecule has 1 N–H and O–H groups in total. The van der Waals surface area contributed by atoms with Gasteiger partial charge in [0.05, 0.1) is 10.6 Å². The molecule has 1 rings (SSSR count). The summed E-state index contributed by atoms with van der Waals surface area (Å²) in [6.07, 6.45) is 2.16. The van der Waals surface area contributed by atoms with Crippen LogP contribution in [0.1, 0.15) is 42.6 Å². The topological polar surface area (TPSA) is 29.1 Å². The number of rotatable bonds is 5. The normalized spacial score (nSPS) is 10.6. The van der Waals surface area contributed by atoms with Gasteiger partial charge in [0.2, 0.25) is 0 Å². The van der Waals surface area contributed by atoms with Crippen LogP contribution in [0.4, 0.5) is 0 Å². The van der Waals surface area contributed by atoms with Gasteiger partial charge in [0, 0.05) is 6.54 Å². The van der Waals surface area contributed by atoms with Crippen molar-refractivity contribution >= 4 is 17.5 Å². The minimum Gasteiger partial charge on any atom is -0.352 e. The second-order valence-electron chi connectivity index (χ2n) is 4.33. The van der Waals surface area contributed by atoms with Gasteiger partial charge in [-0.05, 0) is 24.5 Å². The van der Waals surface area contributed by atoms with E-state index in [1.165, 1.54) is 0 Å². The van der Waals surface area contributed by atoms with Gasteiger partial charge in [-0.3, -0.25) is 4.79 Å². The van der Waals surface area contributed by atoms with Gasteiger partial charge in [-0.15, -0.1) is 0 Å². The van der Waals surface area contributed by atoms with E-state index in [1.54, 1.807) is 6.07 Å². The van der Waals surface area contributed by atoms with E-state index in [-0.39, 0.29) is 5.91 Å². The monoisotopic (exact) mass is 253 g/mol. The third-order valence-electron chi connectivity index (χ3n) is 3.14. The van der Waals surface area contributed by atoms with Crippen LogP contribution in [-0.2, 0) is 0 Å². The second kappa shape index (κ2) is 6.65. The Hall–Kier alpha value is -1.02. The highest BCUT2D eigenvalue weighted by atomic mass is 35.5. The summed E-state index contributed by atoms with van der Waals surface area (Å²) in [6.45, 7) is 6.90. The van der Waals surface area contributed by atoms with Gasteiger partial charge in [0.1, 0.15) is 0 Å². The molecule has 0 bridgehead atoms. The number of amides is 1. The molecule has 2 nitrogen and oxygen atoms in total. The predicted octanol–water partition coefficient (Wildman–Crippen LogP) is 3.81. The summed E-state index contributed by atoms with van der Waals surface area (Å²) in [4.78, 5) is 12.0. The smallest absolute Gasteiger partial charge is 0.252 e. The molecule has 0 aromatic heterocycles. The van der Waals surface area contributed by atoms with Crippen LogP contribution in [0.15, 0.2) is 18.2 Å². The van der Waals surface area contributed by atoms with Crippen LogP contribution in [0.25, 0.3) is 0 Å². The first kappa shape index (κ1) is 14.0. The zero-order valence-electron chi connectivity index (χ0n) is 10.7. The maximum Gasteiger partial charge on any atom is 0.252 e. The first-order valence-electron chi connectivity index (χ1n) is 6.13. The molecular weight excluding hydrogens is 234 g/mol. The maximum absolute atomic E-state index is 12.0. The highest BCUT2D eigenvalue weighted by Crippen LogP contribution is 2.20. The fourth-order valence-corrected chi connectivity index (χ4v) is 1.94. The molecule has 0 radical (unpaired) electrons. The molecule has 3 heteroatoms. The van der Waals surface area contributed by atoms with E-state index in [2.05, 4.69) is 19.2 Å². The lowest BCUT2D eigenvalue weighted by Gasteiger charge is -2.14. The third kappa shape index (κ3) is 3.74. The number of nitrogens with one attached hydrogen (secondary N) is 1. The van der Waals surface area contributed by atoms with Gasteiger partial charge in [-0.25, -0.2) is 0 Å². The Morgan fingerprint density at radius 1 is 1.35 bits per heavy atom. The minimum atomic E-state index is -0.0781. The third-order valence-corrected chi connectivity index (χ3v) is 3.64. The molecule has 17 heavy (non-hydrogen) atoms. The van der Waals surface area contributed by atoms with Crippen LogP contribution in [-0.4, -0.2) is 12.5 Å². The first-order valence-corrected chi connectivity index (χ1v) is 6.51. The number of halogens is 1. The Morgan fingerprint density at radius 3 is 2.59 bits per heavy atom. The van der Waals surface area contributed by atoms with Crippen molar-refractivity contribution in [2.45, 2.75) is 33.6 Å². The summed E-state index contributed by atoms with van der Waals surface area (Å²) < 4.78 is 0. The number of carbonyl (C=O) groups is 1. The van der Waals surface area contributed by atoms with Crippen molar-refractivity contribution in [1.82, 2.24) is 5.32 Å². The molecule has 0 aliphatic heterocycles. The molecule has 0 atom stereocenters. The van der Waals surface area contributed by atoms with Gasteiger partial charge in [0.15, 0.2) is 0 Å². The summed E-state index contributed by atoms with van der Waals surface area (Å²) in [6, 6.07) is 5.52. The molecule has 0 spiro atoms. The molecule has 94 valence electrons. The molecule has 0 aliphatic carbocycles. The molecule has 1 aromatic carbocycles. The standard InChI is InChI=1S/C14H20ClNO/c1-4-11(5-2)9-16-14(17)12-8-6-7-10(3)13(12)15/h6-8,11H,4-5,9H2,1-3H3,(H,16,17). The fraction of sp³-hybridized carbons (Fsp3) is 0.500. The second-order valence-corrected chi connectivity index (χ2v) is 4.71. The van der Waals surface area contributed by atoms with E-state index in [0.29, 0.717) is 16.5 Å². The highest BCUT2D eigenvalue weighted by Gasteiger charge is 2.12. The van der Waals surface area contributed by atoms with Crippen LogP contribution >= 0.6 is 11.6 Å². The number of benzene rings is 1. The highest BCUT2D eigenvalue weighted by molar-refractivity contribution is 6.34. The van der Waals surface area contributed by atoms with Gasteiger partial charge in [-0.1, -0.05) is 50.4 Å². The summed E-state index contributed by atoms with van der Waals surface area (Å²) in [5.74, 6) is 0.466. The van der Waals surface area contributed by atoms with Crippen molar-refractivity contribution in [2.24, 2.45) is 5.92 Å². The Balaban J connectivity index is 2.67. The van der Waals surface area contributed by atoms with E-state index >= 15 is 0 Å². The van der Waals surface area contributed by atoms with Crippen molar-refractivity contribution in [3.8, 4) is 0 Å². The largest absolute Gasteiger partial charge is 0.352 e. The first-order chi connectivity index (χ1) is 8.10. The van der Waals surface area contributed by atoms with Crippen LogP contribution in [0, 0.1) is 12.8 Å².